The molecule has 5 nitrogen and oxygen atoms in total. The number of hydrogen-bond acceptors (Lipinski definition) is 5. The SMILES string of the molecule is COc1ccc(CNc2ccc3c(n2)CC(C)(C)CC3=O)c(OC)c1. The van der Waals surface area contributed by atoms with Crippen molar-refractivity contribution < 1.29 is 14.3 Å². The molecule has 0 amide bonds. The maximum absolute atomic E-state index is 12.2. The largest absolute Gasteiger partial charge is 0.497 e. The minimum absolute atomic E-state index is 0.0328. The number of fused-ring (bicyclic) bond motifs is 1. The number of nitrogens with one attached hydrogen (secondary N) is 1. The smallest absolute Gasteiger partial charge is 0.165 e. The van der Waals surface area contributed by atoms with Crippen molar-refractivity contribution >= 4 is 11.6 Å². The maximum Gasteiger partial charge on any atom is 0.165 e. The Morgan fingerprint density at radius 1 is 1.12 bits per heavy atom. The van der Waals surface area contributed by atoms with E-state index in [2.05, 4.69) is 24.1 Å². The summed E-state index contributed by atoms with van der Waals surface area (Å²) in [4.78, 5) is 16.9. The number of Topliss-reactive ketones (excluding diaryl/α,β-unsaturated/α-hetero) is 1. The average molecular weight is 340 g/mol. The Balaban J connectivity index is 1.78. The minimum Gasteiger partial charge on any atom is -0.497 e. The number of aromatic nitrogens is 1. The third kappa shape index (κ3) is 3.76. The van der Waals surface area contributed by atoms with Gasteiger partial charge in [0.25, 0.3) is 0 Å². The summed E-state index contributed by atoms with van der Waals surface area (Å²) in [5.74, 6) is 2.47. The number of carbonyl (C=O) groups excluding carboxylic acids is 1. The molecule has 0 saturated heterocycles. The third-order valence-electron chi connectivity index (χ3n) is 4.51. The number of nitrogens with zero attached hydrogens (tertiary/aromatic N) is 1. The number of hydrogen-bond donors (Lipinski definition) is 1. The Bertz CT molecular complexity index is 800. The first-order valence-corrected chi connectivity index (χ1v) is 8.40. The van der Waals surface area contributed by atoms with E-state index in [9.17, 15) is 4.79 Å². The highest BCUT2D eigenvalue weighted by molar-refractivity contribution is 5.98. The van der Waals surface area contributed by atoms with Crippen molar-refractivity contribution in [1.82, 2.24) is 4.98 Å². The molecular formula is C20H24N2O3. The first kappa shape index (κ1) is 17.3. The molecule has 0 radical (unpaired) electrons. The maximum atomic E-state index is 12.2. The number of pyridine rings is 1. The number of benzene rings is 1. The van der Waals surface area contributed by atoms with E-state index in [1.165, 1.54) is 0 Å². The molecule has 1 aromatic heterocycles. The van der Waals surface area contributed by atoms with Crippen LogP contribution in [0.15, 0.2) is 30.3 Å². The molecule has 0 atom stereocenters. The van der Waals surface area contributed by atoms with Gasteiger partial charge in [-0.3, -0.25) is 4.79 Å². The molecule has 1 aromatic carbocycles. The van der Waals surface area contributed by atoms with Crippen LogP contribution in [0.2, 0.25) is 0 Å². The van der Waals surface area contributed by atoms with Gasteiger partial charge in [-0.2, -0.15) is 0 Å². The number of ketones is 1. The molecule has 0 bridgehead atoms. The quantitative estimate of drug-likeness (QED) is 0.895. The van der Waals surface area contributed by atoms with Crippen LogP contribution in [0.3, 0.4) is 0 Å². The topological polar surface area (TPSA) is 60.5 Å². The van der Waals surface area contributed by atoms with Crippen molar-refractivity contribution in [3.63, 3.8) is 0 Å². The van der Waals surface area contributed by atoms with E-state index in [1.54, 1.807) is 14.2 Å². The lowest BCUT2D eigenvalue weighted by Gasteiger charge is -2.29. The summed E-state index contributed by atoms with van der Waals surface area (Å²) < 4.78 is 10.6. The van der Waals surface area contributed by atoms with E-state index in [0.717, 1.165) is 40.6 Å². The zero-order chi connectivity index (χ0) is 18.0. The summed E-state index contributed by atoms with van der Waals surface area (Å²) in [5.41, 5.74) is 2.62. The van der Waals surface area contributed by atoms with Gasteiger partial charge in [-0.05, 0) is 36.1 Å². The van der Waals surface area contributed by atoms with Crippen molar-refractivity contribution in [1.29, 1.82) is 0 Å². The molecule has 132 valence electrons. The highest BCUT2D eigenvalue weighted by Crippen LogP contribution is 2.34. The highest BCUT2D eigenvalue weighted by Gasteiger charge is 2.31. The fraction of sp³-hybridized carbons (Fsp3) is 0.400. The van der Waals surface area contributed by atoms with Gasteiger partial charge in [0, 0.05) is 30.2 Å². The molecule has 0 unspecified atom stereocenters. The predicted molar refractivity (Wildman–Crippen MR) is 97.5 cm³/mol. The molecule has 3 rings (SSSR count). The number of anilines is 1. The van der Waals surface area contributed by atoms with Gasteiger partial charge < -0.3 is 14.8 Å². The van der Waals surface area contributed by atoms with Crippen LogP contribution in [0.4, 0.5) is 5.82 Å². The lowest BCUT2D eigenvalue weighted by atomic mass is 9.76. The minimum atomic E-state index is -0.0328. The van der Waals surface area contributed by atoms with Crippen molar-refractivity contribution in [3.05, 3.63) is 47.2 Å². The molecule has 1 N–H and O–H groups in total. The molecule has 0 aliphatic heterocycles. The Labute approximate surface area is 148 Å². The van der Waals surface area contributed by atoms with Gasteiger partial charge in [0.2, 0.25) is 0 Å². The van der Waals surface area contributed by atoms with Crippen LogP contribution in [-0.4, -0.2) is 25.0 Å². The number of rotatable bonds is 5. The third-order valence-corrected chi connectivity index (χ3v) is 4.51. The zero-order valence-electron chi connectivity index (χ0n) is 15.2. The molecule has 2 aromatic rings. The monoisotopic (exact) mass is 340 g/mol. The standard InChI is InChI=1S/C20H24N2O3/c1-20(2)10-16-15(17(23)11-20)7-8-19(22-16)21-12-13-5-6-14(24-3)9-18(13)25-4/h5-9H,10-12H2,1-4H3,(H,21,22). The molecule has 1 heterocycles. The molecule has 25 heavy (non-hydrogen) atoms. The lowest BCUT2D eigenvalue weighted by molar-refractivity contribution is 0.0910. The van der Waals surface area contributed by atoms with Crippen LogP contribution in [0, 0.1) is 5.41 Å². The number of carbonyl (C=O) groups is 1. The lowest BCUT2D eigenvalue weighted by Crippen LogP contribution is -2.28. The van der Waals surface area contributed by atoms with Crippen LogP contribution >= 0.6 is 0 Å². The van der Waals surface area contributed by atoms with E-state index >= 15 is 0 Å². The van der Waals surface area contributed by atoms with E-state index in [-0.39, 0.29) is 11.2 Å². The molecule has 0 spiro atoms. The van der Waals surface area contributed by atoms with Crippen LogP contribution in [0.5, 0.6) is 11.5 Å². The van der Waals surface area contributed by atoms with E-state index < -0.39 is 0 Å². The van der Waals surface area contributed by atoms with Crippen LogP contribution in [0.25, 0.3) is 0 Å². The first-order valence-electron chi connectivity index (χ1n) is 8.40. The molecular weight excluding hydrogens is 316 g/mol. The van der Waals surface area contributed by atoms with E-state index in [4.69, 9.17) is 9.47 Å². The van der Waals surface area contributed by atoms with Gasteiger partial charge in [0.1, 0.15) is 17.3 Å². The normalized spacial score (nSPS) is 15.4. The second-order valence-corrected chi connectivity index (χ2v) is 7.16. The molecule has 0 saturated carbocycles. The van der Waals surface area contributed by atoms with Crippen LogP contribution in [-0.2, 0) is 13.0 Å². The van der Waals surface area contributed by atoms with E-state index in [0.29, 0.717) is 13.0 Å². The summed E-state index contributed by atoms with van der Waals surface area (Å²) in [7, 11) is 3.27. The second kappa shape index (κ2) is 6.75. The highest BCUT2D eigenvalue weighted by atomic mass is 16.5. The van der Waals surface area contributed by atoms with Gasteiger partial charge in [0.05, 0.1) is 19.9 Å². The Kier molecular flexibility index (Phi) is 4.66. The fourth-order valence-electron chi connectivity index (χ4n) is 3.22. The van der Waals surface area contributed by atoms with Gasteiger partial charge in [-0.25, -0.2) is 4.98 Å². The van der Waals surface area contributed by atoms with Gasteiger partial charge in [0.15, 0.2) is 5.78 Å². The van der Waals surface area contributed by atoms with Gasteiger partial charge in [-0.1, -0.05) is 13.8 Å². The zero-order valence-corrected chi connectivity index (χ0v) is 15.2. The Morgan fingerprint density at radius 3 is 2.64 bits per heavy atom. The summed E-state index contributed by atoms with van der Waals surface area (Å²) in [6.07, 6.45) is 1.40. The molecule has 1 aliphatic carbocycles. The van der Waals surface area contributed by atoms with Crippen molar-refractivity contribution in [2.24, 2.45) is 5.41 Å². The first-order chi connectivity index (χ1) is 11.9. The molecule has 1 aliphatic rings. The summed E-state index contributed by atoms with van der Waals surface area (Å²) in [5, 5.41) is 3.32. The van der Waals surface area contributed by atoms with Crippen molar-refractivity contribution in [3.8, 4) is 11.5 Å². The van der Waals surface area contributed by atoms with Crippen molar-refractivity contribution in [2.75, 3.05) is 19.5 Å². The van der Waals surface area contributed by atoms with Crippen LogP contribution < -0.4 is 14.8 Å². The van der Waals surface area contributed by atoms with E-state index in [1.807, 2.05) is 30.3 Å². The molecule has 0 fully saturated rings. The van der Waals surface area contributed by atoms with Crippen LogP contribution in [0.1, 0.15) is 41.9 Å². The fourth-order valence-corrected chi connectivity index (χ4v) is 3.22. The molecule has 5 heteroatoms. The number of methoxy groups -OCH3 is 2. The van der Waals surface area contributed by atoms with Gasteiger partial charge >= 0.3 is 0 Å². The Hall–Kier alpha value is -2.56. The summed E-state index contributed by atoms with van der Waals surface area (Å²) in [6, 6.07) is 9.48. The summed E-state index contributed by atoms with van der Waals surface area (Å²) >= 11 is 0. The average Bonchev–Trinajstić information content (AvgIpc) is 2.58. The Morgan fingerprint density at radius 2 is 1.92 bits per heavy atom. The number of ether oxygens (including phenoxy) is 2. The summed E-state index contributed by atoms with van der Waals surface area (Å²) in [6.45, 7) is 4.80. The van der Waals surface area contributed by atoms with Gasteiger partial charge in [-0.15, -0.1) is 0 Å². The predicted octanol–water partition coefficient (Wildman–Crippen LogP) is 3.87. The second-order valence-electron chi connectivity index (χ2n) is 7.16. The van der Waals surface area contributed by atoms with Crippen molar-refractivity contribution in [2.45, 2.75) is 33.2 Å².